The number of anilines is 1. The lowest BCUT2D eigenvalue weighted by atomic mass is 10.1. The van der Waals surface area contributed by atoms with E-state index in [1.807, 2.05) is 5.06 Å². The quantitative estimate of drug-likeness (QED) is 0.653. The Morgan fingerprint density at radius 1 is 1.31 bits per heavy atom. The van der Waals surface area contributed by atoms with Crippen LogP contribution in [0, 0.1) is 0 Å². The second kappa shape index (κ2) is 3.38. The fourth-order valence-electron chi connectivity index (χ4n) is 1.69. The Bertz CT molecular complexity index is 296. The smallest absolute Gasteiger partial charge is 0.0790 e. The molecule has 70 valence electrons. The first-order chi connectivity index (χ1) is 6.29. The number of benzene rings is 1. The fourth-order valence-corrected chi connectivity index (χ4v) is 1.69. The van der Waals surface area contributed by atoms with Gasteiger partial charge in [-0.2, -0.15) is 0 Å². The van der Waals surface area contributed by atoms with Crippen LogP contribution in [-0.2, 0) is 11.3 Å². The van der Waals surface area contributed by atoms with E-state index in [9.17, 15) is 0 Å². The topological polar surface area (TPSA) is 12.5 Å². The maximum absolute atomic E-state index is 5.60. The van der Waals surface area contributed by atoms with Crippen molar-refractivity contribution in [1.82, 2.24) is 0 Å². The Morgan fingerprint density at radius 3 is 2.85 bits per heavy atom. The van der Waals surface area contributed by atoms with Gasteiger partial charge in [0.05, 0.1) is 18.3 Å². The van der Waals surface area contributed by atoms with Crippen LogP contribution in [0.5, 0.6) is 0 Å². The van der Waals surface area contributed by atoms with E-state index in [4.69, 9.17) is 4.84 Å². The van der Waals surface area contributed by atoms with Gasteiger partial charge in [0.15, 0.2) is 0 Å². The van der Waals surface area contributed by atoms with Crippen LogP contribution in [0.15, 0.2) is 24.3 Å². The molecule has 2 heteroatoms. The SMILES string of the molecule is CC(C)N1OCCc2ccccc21. The Hall–Kier alpha value is -1.02. The lowest BCUT2D eigenvalue weighted by molar-refractivity contribution is 0.0853. The molecular formula is C11H15NO. The molecule has 0 radical (unpaired) electrons. The zero-order valence-corrected chi connectivity index (χ0v) is 8.16. The van der Waals surface area contributed by atoms with E-state index in [1.165, 1.54) is 11.3 Å². The minimum Gasteiger partial charge on any atom is -0.273 e. The molecule has 0 saturated carbocycles. The van der Waals surface area contributed by atoms with E-state index in [2.05, 4.69) is 38.1 Å². The Labute approximate surface area is 79.1 Å². The predicted octanol–water partition coefficient (Wildman–Crippen LogP) is 2.39. The van der Waals surface area contributed by atoms with Gasteiger partial charge in [-0.05, 0) is 25.5 Å². The Morgan fingerprint density at radius 2 is 2.08 bits per heavy atom. The maximum atomic E-state index is 5.60. The summed E-state index contributed by atoms with van der Waals surface area (Å²) in [6, 6.07) is 8.84. The highest BCUT2D eigenvalue weighted by Crippen LogP contribution is 2.26. The molecule has 0 aromatic heterocycles. The Kier molecular flexibility index (Phi) is 2.23. The van der Waals surface area contributed by atoms with Crippen molar-refractivity contribution in [2.75, 3.05) is 11.7 Å². The van der Waals surface area contributed by atoms with Crippen LogP contribution in [-0.4, -0.2) is 12.6 Å². The van der Waals surface area contributed by atoms with E-state index in [0.29, 0.717) is 6.04 Å². The standard InChI is InChI=1S/C11H15NO/c1-9(2)12-11-6-4-3-5-10(11)7-8-13-12/h3-6,9H,7-8H2,1-2H3. The summed E-state index contributed by atoms with van der Waals surface area (Å²) in [4.78, 5) is 5.60. The van der Waals surface area contributed by atoms with Crippen LogP contribution in [0.3, 0.4) is 0 Å². The number of para-hydroxylation sites is 1. The van der Waals surface area contributed by atoms with Crippen molar-refractivity contribution in [2.45, 2.75) is 26.3 Å². The molecule has 1 aromatic rings. The van der Waals surface area contributed by atoms with Gasteiger partial charge in [0.2, 0.25) is 0 Å². The third-order valence-corrected chi connectivity index (χ3v) is 2.30. The average molecular weight is 177 g/mol. The zero-order chi connectivity index (χ0) is 9.26. The Balaban J connectivity index is 2.37. The number of hydrogen-bond donors (Lipinski definition) is 0. The molecule has 0 atom stereocenters. The van der Waals surface area contributed by atoms with Crippen molar-refractivity contribution in [2.24, 2.45) is 0 Å². The summed E-state index contributed by atoms with van der Waals surface area (Å²) in [5.41, 5.74) is 2.62. The van der Waals surface area contributed by atoms with Gasteiger partial charge in [-0.15, -0.1) is 0 Å². The molecule has 0 bridgehead atoms. The second-order valence-electron chi connectivity index (χ2n) is 3.63. The summed E-state index contributed by atoms with van der Waals surface area (Å²) in [5.74, 6) is 0. The number of fused-ring (bicyclic) bond motifs is 1. The first kappa shape index (κ1) is 8.57. The van der Waals surface area contributed by atoms with Gasteiger partial charge in [0.25, 0.3) is 0 Å². The van der Waals surface area contributed by atoms with E-state index >= 15 is 0 Å². The highest BCUT2D eigenvalue weighted by Gasteiger charge is 2.18. The van der Waals surface area contributed by atoms with Crippen molar-refractivity contribution in [1.29, 1.82) is 0 Å². The average Bonchev–Trinajstić information content (AvgIpc) is 2.17. The minimum absolute atomic E-state index is 0.404. The van der Waals surface area contributed by atoms with Gasteiger partial charge in [-0.25, -0.2) is 0 Å². The summed E-state index contributed by atoms with van der Waals surface area (Å²) in [5, 5.41) is 2.00. The highest BCUT2D eigenvalue weighted by atomic mass is 16.7. The molecule has 2 rings (SSSR count). The van der Waals surface area contributed by atoms with Gasteiger partial charge in [-0.3, -0.25) is 9.90 Å². The van der Waals surface area contributed by atoms with Crippen LogP contribution in [0.25, 0.3) is 0 Å². The lowest BCUT2D eigenvalue weighted by Crippen LogP contribution is -2.35. The molecule has 1 aromatic carbocycles. The van der Waals surface area contributed by atoms with Crippen molar-refractivity contribution >= 4 is 5.69 Å². The van der Waals surface area contributed by atoms with Crippen molar-refractivity contribution < 1.29 is 4.84 Å². The summed E-state index contributed by atoms with van der Waals surface area (Å²) in [6.45, 7) is 5.08. The predicted molar refractivity (Wildman–Crippen MR) is 53.7 cm³/mol. The zero-order valence-electron chi connectivity index (χ0n) is 8.16. The van der Waals surface area contributed by atoms with E-state index < -0.39 is 0 Å². The fraction of sp³-hybridized carbons (Fsp3) is 0.455. The van der Waals surface area contributed by atoms with Crippen molar-refractivity contribution in [3.05, 3.63) is 29.8 Å². The number of hydrogen-bond acceptors (Lipinski definition) is 2. The summed E-state index contributed by atoms with van der Waals surface area (Å²) in [7, 11) is 0. The molecule has 0 saturated heterocycles. The van der Waals surface area contributed by atoms with Crippen LogP contribution < -0.4 is 5.06 Å². The lowest BCUT2D eigenvalue weighted by Gasteiger charge is -2.33. The van der Waals surface area contributed by atoms with Gasteiger partial charge in [0, 0.05) is 6.42 Å². The maximum Gasteiger partial charge on any atom is 0.0790 e. The molecule has 1 heterocycles. The van der Waals surface area contributed by atoms with Gasteiger partial charge in [0.1, 0.15) is 0 Å². The molecule has 0 amide bonds. The van der Waals surface area contributed by atoms with Crippen LogP contribution >= 0.6 is 0 Å². The van der Waals surface area contributed by atoms with Crippen LogP contribution in [0.1, 0.15) is 19.4 Å². The molecule has 0 fully saturated rings. The van der Waals surface area contributed by atoms with Gasteiger partial charge in [-0.1, -0.05) is 18.2 Å². The molecule has 0 unspecified atom stereocenters. The molecule has 2 nitrogen and oxygen atoms in total. The number of rotatable bonds is 1. The molecule has 0 spiro atoms. The molecular weight excluding hydrogens is 162 g/mol. The normalized spacial score (nSPS) is 16.1. The van der Waals surface area contributed by atoms with Crippen LogP contribution in [0.2, 0.25) is 0 Å². The largest absolute Gasteiger partial charge is 0.273 e. The van der Waals surface area contributed by atoms with Crippen molar-refractivity contribution in [3.8, 4) is 0 Å². The highest BCUT2D eigenvalue weighted by molar-refractivity contribution is 5.53. The first-order valence-electron chi connectivity index (χ1n) is 4.79. The van der Waals surface area contributed by atoms with Crippen LogP contribution in [0.4, 0.5) is 5.69 Å². The molecule has 13 heavy (non-hydrogen) atoms. The third-order valence-electron chi connectivity index (χ3n) is 2.30. The summed E-state index contributed by atoms with van der Waals surface area (Å²) in [6.07, 6.45) is 1.03. The number of hydroxylamine groups is 1. The first-order valence-corrected chi connectivity index (χ1v) is 4.79. The van der Waals surface area contributed by atoms with E-state index in [1.54, 1.807) is 0 Å². The van der Waals surface area contributed by atoms with Gasteiger partial charge < -0.3 is 0 Å². The minimum atomic E-state index is 0.404. The molecule has 0 N–H and O–H groups in total. The molecule has 1 aliphatic rings. The summed E-state index contributed by atoms with van der Waals surface area (Å²) < 4.78 is 0. The van der Waals surface area contributed by atoms with E-state index in [-0.39, 0.29) is 0 Å². The number of nitrogens with zero attached hydrogens (tertiary/aromatic N) is 1. The van der Waals surface area contributed by atoms with E-state index in [0.717, 1.165) is 13.0 Å². The second-order valence-corrected chi connectivity index (χ2v) is 3.63. The summed E-state index contributed by atoms with van der Waals surface area (Å²) >= 11 is 0. The molecule has 1 aliphatic heterocycles. The molecule has 0 aliphatic carbocycles. The third kappa shape index (κ3) is 1.54. The van der Waals surface area contributed by atoms with Gasteiger partial charge >= 0.3 is 0 Å². The van der Waals surface area contributed by atoms with Crippen molar-refractivity contribution in [3.63, 3.8) is 0 Å². The monoisotopic (exact) mass is 177 g/mol.